The maximum Gasteiger partial charge on any atom is 0.392 e. The van der Waals surface area contributed by atoms with E-state index in [-0.39, 0.29) is 5.56 Å². The molecule has 0 bridgehead atoms. The molecule has 1 rings (SSSR count). The van der Waals surface area contributed by atoms with E-state index in [0.717, 1.165) is 5.69 Å². The van der Waals surface area contributed by atoms with Crippen molar-refractivity contribution in [3.63, 3.8) is 0 Å². The molecule has 0 saturated heterocycles. The maximum atomic E-state index is 12.3. The summed E-state index contributed by atoms with van der Waals surface area (Å²) in [6, 6.07) is 6.47. The van der Waals surface area contributed by atoms with Crippen molar-refractivity contribution in [2.45, 2.75) is 25.1 Å². The predicted molar refractivity (Wildman–Crippen MR) is 61.0 cm³/mol. The van der Waals surface area contributed by atoms with Gasteiger partial charge in [-0.3, -0.25) is 0 Å². The maximum absolute atomic E-state index is 12.3. The van der Waals surface area contributed by atoms with Gasteiger partial charge in [-0.05, 0) is 24.6 Å². The third-order valence-electron chi connectivity index (χ3n) is 2.53. The summed E-state index contributed by atoms with van der Waals surface area (Å²) in [5.41, 5.74) is -0.879. The molecule has 0 heterocycles. The molecular formula is C12H16F3NO. The van der Waals surface area contributed by atoms with E-state index in [2.05, 4.69) is 0 Å². The van der Waals surface area contributed by atoms with E-state index in [0.29, 0.717) is 0 Å². The Kier molecular flexibility index (Phi) is 3.71. The first-order valence-corrected chi connectivity index (χ1v) is 5.19. The van der Waals surface area contributed by atoms with Crippen LogP contribution in [0.25, 0.3) is 0 Å². The molecule has 0 spiro atoms. The van der Waals surface area contributed by atoms with Crippen molar-refractivity contribution in [1.82, 2.24) is 0 Å². The monoisotopic (exact) mass is 247 g/mol. The summed E-state index contributed by atoms with van der Waals surface area (Å²) in [5.74, 6) is 0. The molecule has 1 aromatic carbocycles. The van der Waals surface area contributed by atoms with E-state index in [4.69, 9.17) is 0 Å². The van der Waals surface area contributed by atoms with Gasteiger partial charge in [-0.25, -0.2) is 0 Å². The summed E-state index contributed by atoms with van der Waals surface area (Å²) in [7, 11) is 3.58. The molecule has 0 aromatic heterocycles. The third kappa shape index (κ3) is 3.93. The summed E-state index contributed by atoms with van der Waals surface area (Å²) in [4.78, 5) is 1.77. The van der Waals surface area contributed by atoms with Crippen LogP contribution in [0.3, 0.4) is 0 Å². The number of nitrogens with zero attached hydrogens (tertiary/aromatic N) is 1. The zero-order chi connectivity index (χ0) is 13.3. The molecule has 0 aliphatic heterocycles. The van der Waals surface area contributed by atoms with Gasteiger partial charge in [0, 0.05) is 19.8 Å². The molecular weight excluding hydrogens is 231 g/mol. The number of aliphatic hydroxyl groups is 1. The average Bonchev–Trinajstić information content (AvgIpc) is 2.14. The van der Waals surface area contributed by atoms with E-state index >= 15 is 0 Å². The Morgan fingerprint density at radius 2 is 1.82 bits per heavy atom. The van der Waals surface area contributed by atoms with Crippen molar-refractivity contribution in [2.75, 3.05) is 19.0 Å². The molecule has 0 aliphatic rings. The Hall–Kier alpha value is -1.23. The van der Waals surface area contributed by atoms with Gasteiger partial charge >= 0.3 is 6.18 Å². The minimum absolute atomic E-state index is 0.265. The highest BCUT2D eigenvalue weighted by atomic mass is 19.4. The normalized spacial score (nSPS) is 15.5. The smallest absolute Gasteiger partial charge is 0.385 e. The Bertz CT molecular complexity index is 386. The van der Waals surface area contributed by atoms with Crippen LogP contribution in [-0.2, 0) is 5.60 Å². The van der Waals surface area contributed by atoms with Gasteiger partial charge in [0.25, 0.3) is 0 Å². The zero-order valence-electron chi connectivity index (χ0n) is 10.0. The highest BCUT2D eigenvalue weighted by Crippen LogP contribution is 2.35. The molecule has 96 valence electrons. The highest BCUT2D eigenvalue weighted by molar-refractivity contribution is 5.48. The molecule has 1 unspecified atom stereocenters. The van der Waals surface area contributed by atoms with Gasteiger partial charge in [0.1, 0.15) is 0 Å². The van der Waals surface area contributed by atoms with Gasteiger partial charge < -0.3 is 10.0 Å². The Morgan fingerprint density at radius 3 is 2.29 bits per heavy atom. The van der Waals surface area contributed by atoms with Crippen molar-refractivity contribution >= 4 is 5.69 Å². The molecule has 17 heavy (non-hydrogen) atoms. The van der Waals surface area contributed by atoms with Crippen LogP contribution in [0.15, 0.2) is 24.3 Å². The lowest BCUT2D eigenvalue weighted by atomic mass is 9.92. The van der Waals surface area contributed by atoms with Gasteiger partial charge in [-0.1, -0.05) is 12.1 Å². The van der Waals surface area contributed by atoms with Crippen LogP contribution in [0.5, 0.6) is 0 Å². The van der Waals surface area contributed by atoms with Crippen LogP contribution in [0.1, 0.15) is 18.9 Å². The average molecular weight is 247 g/mol. The number of rotatable bonds is 3. The molecule has 0 aliphatic carbocycles. The van der Waals surface area contributed by atoms with Crippen molar-refractivity contribution in [1.29, 1.82) is 0 Å². The molecule has 1 atom stereocenters. The number of hydrogen-bond acceptors (Lipinski definition) is 2. The van der Waals surface area contributed by atoms with Crippen LogP contribution in [0.2, 0.25) is 0 Å². The van der Waals surface area contributed by atoms with Gasteiger partial charge in [0.15, 0.2) is 0 Å². The highest BCUT2D eigenvalue weighted by Gasteiger charge is 2.39. The predicted octanol–water partition coefficient (Wildman–Crippen LogP) is 2.91. The SMILES string of the molecule is CN(C)c1cccc(C(C)(O)CC(F)(F)F)c1. The second kappa shape index (κ2) is 4.56. The van der Waals surface area contributed by atoms with Crippen LogP contribution in [-0.4, -0.2) is 25.4 Å². The number of halogens is 3. The fourth-order valence-corrected chi connectivity index (χ4v) is 1.61. The summed E-state index contributed by atoms with van der Waals surface area (Å²) in [6.45, 7) is 1.18. The van der Waals surface area contributed by atoms with E-state index in [9.17, 15) is 18.3 Å². The van der Waals surface area contributed by atoms with E-state index in [1.807, 2.05) is 0 Å². The standard InChI is InChI=1S/C12H16F3NO/c1-11(17,8-12(13,14)15)9-5-4-6-10(7-9)16(2)3/h4-7,17H,8H2,1-3H3. The van der Waals surface area contributed by atoms with E-state index in [1.54, 1.807) is 37.2 Å². The van der Waals surface area contributed by atoms with Crippen LogP contribution < -0.4 is 4.90 Å². The van der Waals surface area contributed by atoms with Gasteiger partial charge in [-0.15, -0.1) is 0 Å². The molecule has 0 saturated carbocycles. The lowest BCUT2D eigenvalue weighted by Gasteiger charge is -2.26. The Morgan fingerprint density at radius 1 is 1.24 bits per heavy atom. The molecule has 0 amide bonds. The quantitative estimate of drug-likeness (QED) is 0.887. The lowest BCUT2D eigenvalue weighted by Crippen LogP contribution is -2.29. The van der Waals surface area contributed by atoms with Crippen molar-refractivity contribution < 1.29 is 18.3 Å². The number of alkyl halides is 3. The zero-order valence-corrected chi connectivity index (χ0v) is 10.0. The first-order chi connectivity index (χ1) is 7.62. The van der Waals surface area contributed by atoms with Crippen LogP contribution >= 0.6 is 0 Å². The fourth-order valence-electron chi connectivity index (χ4n) is 1.61. The van der Waals surface area contributed by atoms with E-state index < -0.39 is 18.2 Å². The number of anilines is 1. The first kappa shape index (κ1) is 13.8. The van der Waals surface area contributed by atoms with Gasteiger partial charge in [0.05, 0.1) is 12.0 Å². The largest absolute Gasteiger partial charge is 0.392 e. The molecule has 0 radical (unpaired) electrons. The van der Waals surface area contributed by atoms with Gasteiger partial charge in [-0.2, -0.15) is 13.2 Å². The minimum atomic E-state index is -4.39. The van der Waals surface area contributed by atoms with Crippen molar-refractivity contribution in [3.8, 4) is 0 Å². The van der Waals surface area contributed by atoms with Gasteiger partial charge in [0.2, 0.25) is 0 Å². The second-order valence-electron chi connectivity index (χ2n) is 4.51. The summed E-state index contributed by atoms with van der Waals surface area (Å²) in [6.07, 6.45) is -5.64. The topological polar surface area (TPSA) is 23.5 Å². The fraction of sp³-hybridized carbons (Fsp3) is 0.500. The Labute approximate surface area is 98.7 Å². The third-order valence-corrected chi connectivity index (χ3v) is 2.53. The minimum Gasteiger partial charge on any atom is -0.385 e. The summed E-state index contributed by atoms with van der Waals surface area (Å²) < 4.78 is 37.0. The molecule has 1 N–H and O–H groups in total. The molecule has 1 aromatic rings. The molecule has 0 fully saturated rings. The Balaban J connectivity index is 3.02. The first-order valence-electron chi connectivity index (χ1n) is 5.19. The lowest BCUT2D eigenvalue weighted by molar-refractivity contribution is -0.174. The number of benzene rings is 1. The van der Waals surface area contributed by atoms with Crippen molar-refractivity contribution in [2.24, 2.45) is 0 Å². The van der Waals surface area contributed by atoms with Crippen LogP contribution in [0, 0.1) is 0 Å². The summed E-state index contributed by atoms with van der Waals surface area (Å²) in [5, 5.41) is 9.89. The van der Waals surface area contributed by atoms with Crippen LogP contribution in [0.4, 0.5) is 18.9 Å². The van der Waals surface area contributed by atoms with Crippen molar-refractivity contribution in [3.05, 3.63) is 29.8 Å². The summed E-state index contributed by atoms with van der Waals surface area (Å²) >= 11 is 0. The van der Waals surface area contributed by atoms with E-state index in [1.165, 1.54) is 13.0 Å². The second-order valence-corrected chi connectivity index (χ2v) is 4.51. The molecule has 2 nitrogen and oxygen atoms in total. The molecule has 5 heteroatoms. The number of hydrogen-bond donors (Lipinski definition) is 1.